The molecule has 3 N–H and O–H groups in total. The lowest BCUT2D eigenvalue weighted by atomic mass is 9.98. The number of anilines is 1. The summed E-state index contributed by atoms with van der Waals surface area (Å²) in [4.78, 5) is 40.5. The molecule has 0 fully saturated rings. The van der Waals surface area contributed by atoms with Crippen LogP contribution in [0.4, 0.5) is 9.93 Å². The normalized spacial score (nSPS) is 12.9. The third-order valence-corrected chi connectivity index (χ3v) is 6.86. The quantitative estimate of drug-likeness (QED) is 0.354. The summed E-state index contributed by atoms with van der Waals surface area (Å²) in [6.45, 7) is 2.18. The monoisotopic (exact) mass is 493 g/mol. The molecule has 8 nitrogen and oxygen atoms in total. The number of thiazole rings is 1. The summed E-state index contributed by atoms with van der Waals surface area (Å²) >= 11 is 1.01. The van der Waals surface area contributed by atoms with Gasteiger partial charge in [0.25, 0.3) is 5.91 Å². The average Bonchev–Trinajstić information content (AvgIpc) is 3.43. The van der Waals surface area contributed by atoms with Crippen molar-refractivity contribution in [2.24, 2.45) is 0 Å². The maximum absolute atomic E-state index is 12.6. The molecule has 0 bridgehead atoms. The molecule has 1 heterocycles. The maximum Gasteiger partial charge on any atom is 0.413 e. The first-order chi connectivity index (χ1) is 17.0. The molecule has 1 aliphatic rings. The molecule has 9 heteroatoms. The smallest absolute Gasteiger partial charge is 0.413 e. The van der Waals surface area contributed by atoms with E-state index in [1.165, 1.54) is 6.20 Å². The van der Waals surface area contributed by atoms with Crippen LogP contribution in [0.3, 0.4) is 0 Å². The summed E-state index contributed by atoms with van der Waals surface area (Å²) in [6.07, 6.45) is 2.86. The summed E-state index contributed by atoms with van der Waals surface area (Å²) in [5.41, 5.74) is 4.53. The van der Waals surface area contributed by atoms with E-state index in [9.17, 15) is 14.4 Å². The second-order valence-electron chi connectivity index (χ2n) is 8.39. The van der Waals surface area contributed by atoms with Crippen LogP contribution in [0, 0.1) is 0 Å². The van der Waals surface area contributed by atoms with E-state index >= 15 is 0 Å². The van der Waals surface area contributed by atoms with Gasteiger partial charge in [0.1, 0.15) is 11.5 Å². The van der Waals surface area contributed by atoms with Gasteiger partial charge in [0, 0.05) is 12.0 Å². The fraction of sp³-hybridized carbons (Fsp3) is 0.308. The molecule has 4 rings (SSSR count). The second-order valence-corrected chi connectivity index (χ2v) is 9.42. The predicted octanol–water partition coefficient (Wildman–Crippen LogP) is 5.27. The molecule has 35 heavy (non-hydrogen) atoms. The van der Waals surface area contributed by atoms with Crippen molar-refractivity contribution >= 4 is 34.4 Å². The van der Waals surface area contributed by atoms with Gasteiger partial charge in [0.2, 0.25) is 0 Å². The summed E-state index contributed by atoms with van der Waals surface area (Å²) < 4.78 is 5.52. The van der Waals surface area contributed by atoms with Crippen LogP contribution in [0.15, 0.2) is 54.7 Å². The third kappa shape index (κ3) is 5.86. The minimum absolute atomic E-state index is 0.0555. The number of unbranched alkanes of at least 4 members (excludes halogenated alkanes) is 1. The number of aliphatic carboxylic acids is 1. The SMILES string of the molecule is CCCC[C@H](CC(=O)O)NC(=O)c1cnc(NC(=O)OCC2c3ccccc3-c3ccccc32)s1. The zero-order valence-electron chi connectivity index (χ0n) is 19.3. The predicted molar refractivity (Wildman–Crippen MR) is 134 cm³/mol. The first kappa shape index (κ1) is 24.4. The molecule has 3 aromatic rings. The Labute approximate surface area is 207 Å². The topological polar surface area (TPSA) is 118 Å². The Bertz CT molecular complexity index is 1180. The van der Waals surface area contributed by atoms with Crippen LogP contribution < -0.4 is 10.6 Å². The fourth-order valence-corrected chi connectivity index (χ4v) is 5.01. The van der Waals surface area contributed by atoms with E-state index < -0.39 is 24.0 Å². The summed E-state index contributed by atoms with van der Waals surface area (Å²) in [6, 6.07) is 15.7. The number of carbonyl (C=O) groups excluding carboxylic acids is 2. The van der Waals surface area contributed by atoms with Gasteiger partial charge in [-0.1, -0.05) is 79.6 Å². The molecule has 0 saturated heterocycles. The standard InChI is InChI=1S/C26H27N3O5S/c1-2-3-8-16(13-23(30)31)28-24(32)22-14-27-25(35-22)29-26(33)34-15-21-19-11-6-4-9-17(19)18-10-5-7-12-20(18)21/h4-7,9-12,14,16,21H,2-3,8,13,15H2,1H3,(H,28,32)(H,30,31)(H,27,29,33)/t16-/m1/s1. The van der Waals surface area contributed by atoms with Crippen LogP contribution in [-0.2, 0) is 9.53 Å². The number of rotatable bonds is 10. The molecule has 1 aliphatic carbocycles. The van der Waals surface area contributed by atoms with E-state index in [1.54, 1.807) is 0 Å². The Morgan fingerprint density at radius 1 is 1.09 bits per heavy atom. The highest BCUT2D eigenvalue weighted by atomic mass is 32.1. The summed E-state index contributed by atoms with van der Waals surface area (Å²) in [5.74, 6) is -1.43. The van der Waals surface area contributed by atoms with E-state index in [0.29, 0.717) is 6.42 Å². The molecule has 0 radical (unpaired) electrons. The van der Waals surface area contributed by atoms with Crippen molar-refractivity contribution in [1.82, 2.24) is 10.3 Å². The lowest BCUT2D eigenvalue weighted by molar-refractivity contribution is -0.137. The minimum Gasteiger partial charge on any atom is -0.481 e. The lowest BCUT2D eigenvalue weighted by Crippen LogP contribution is -2.36. The third-order valence-electron chi connectivity index (χ3n) is 5.94. The number of nitrogens with zero attached hydrogens (tertiary/aromatic N) is 1. The number of ether oxygens (including phenoxy) is 1. The summed E-state index contributed by atoms with van der Waals surface area (Å²) in [7, 11) is 0. The summed E-state index contributed by atoms with van der Waals surface area (Å²) in [5, 5.41) is 14.7. The van der Waals surface area contributed by atoms with Crippen molar-refractivity contribution in [3.05, 3.63) is 70.7 Å². The molecule has 2 amide bonds. The lowest BCUT2D eigenvalue weighted by Gasteiger charge is -2.15. The highest BCUT2D eigenvalue weighted by Gasteiger charge is 2.29. The van der Waals surface area contributed by atoms with Crippen LogP contribution in [0.5, 0.6) is 0 Å². The Hall–Kier alpha value is -3.72. The van der Waals surface area contributed by atoms with Gasteiger partial charge >= 0.3 is 12.1 Å². The number of fused-ring (bicyclic) bond motifs is 3. The molecule has 2 aromatic carbocycles. The van der Waals surface area contributed by atoms with Crippen LogP contribution in [0.1, 0.15) is 59.3 Å². The molecule has 0 saturated carbocycles. The van der Waals surface area contributed by atoms with Gasteiger partial charge < -0.3 is 15.2 Å². The Morgan fingerprint density at radius 2 is 1.74 bits per heavy atom. The van der Waals surface area contributed by atoms with E-state index in [4.69, 9.17) is 9.84 Å². The van der Waals surface area contributed by atoms with Crippen LogP contribution in [0.2, 0.25) is 0 Å². The average molecular weight is 494 g/mol. The van der Waals surface area contributed by atoms with Gasteiger partial charge in [0.05, 0.1) is 12.6 Å². The highest BCUT2D eigenvalue weighted by Crippen LogP contribution is 2.44. The van der Waals surface area contributed by atoms with Gasteiger partial charge in [-0.25, -0.2) is 9.78 Å². The number of amides is 2. The van der Waals surface area contributed by atoms with Gasteiger partial charge in [-0.15, -0.1) is 0 Å². The van der Waals surface area contributed by atoms with E-state index in [2.05, 4.69) is 27.8 Å². The van der Waals surface area contributed by atoms with Crippen molar-refractivity contribution in [3.8, 4) is 11.1 Å². The van der Waals surface area contributed by atoms with E-state index in [-0.39, 0.29) is 29.0 Å². The molecule has 1 aromatic heterocycles. The zero-order valence-corrected chi connectivity index (χ0v) is 20.1. The molecular formula is C26H27N3O5S. The molecular weight excluding hydrogens is 466 g/mol. The zero-order chi connectivity index (χ0) is 24.8. The fourth-order valence-electron chi connectivity index (χ4n) is 4.30. The van der Waals surface area contributed by atoms with Crippen molar-refractivity contribution in [2.75, 3.05) is 11.9 Å². The van der Waals surface area contributed by atoms with Gasteiger partial charge in [-0.05, 0) is 28.7 Å². The van der Waals surface area contributed by atoms with Gasteiger partial charge in [0.15, 0.2) is 5.13 Å². The molecule has 0 spiro atoms. The number of hydrogen-bond acceptors (Lipinski definition) is 6. The van der Waals surface area contributed by atoms with Crippen molar-refractivity contribution in [1.29, 1.82) is 0 Å². The largest absolute Gasteiger partial charge is 0.481 e. The number of nitrogens with one attached hydrogen (secondary N) is 2. The number of carboxylic acids is 1. The van der Waals surface area contributed by atoms with Crippen molar-refractivity contribution in [2.45, 2.75) is 44.6 Å². The number of carboxylic acid groups (broad SMARTS) is 1. The Morgan fingerprint density at radius 3 is 2.37 bits per heavy atom. The molecule has 1 atom stereocenters. The number of aromatic nitrogens is 1. The number of hydrogen-bond donors (Lipinski definition) is 3. The van der Waals surface area contributed by atoms with Crippen molar-refractivity contribution in [3.63, 3.8) is 0 Å². The minimum atomic E-state index is -0.965. The van der Waals surface area contributed by atoms with Crippen molar-refractivity contribution < 1.29 is 24.2 Å². The molecule has 0 aliphatic heterocycles. The van der Waals surface area contributed by atoms with Gasteiger partial charge in [-0.2, -0.15) is 0 Å². The van der Waals surface area contributed by atoms with E-state index in [0.717, 1.165) is 46.4 Å². The second kappa shape index (κ2) is 11.1. The first-order valence-corrected chi connectivity index (χ1v) is 12.4. The Kier molecular flexibility index (Phi) is 7.77. The molecule has 182 valence electrons. The number of benzene rings is 2. The highest BCUT2D eigenvalue weighted by molar-refractivity contribution is 7.17. The van der Waals surface area contributed by atoms with Crippen LogP contribution in [0.25, 0.3) is 11.1 Å². The van der Waals surface area contributed by atoms with Crippen LogP contribution >= 0.6 is 11.3 Å². The number of carbonyl (C=O) groups is 3. The van der Waals surface area contributed by atoms with E-state index in [1.807, 2.05) is 43.3 Å². The Balaban J connectivity index is 1.34. The molecule has 0 unspecified atom stereocenters. The maximum atomic E-state index is 12.6. The van der Waals surface area contributed by atoms with Crippen LogP contribution in [-0.4, -0.2) is 40.7 Å². The first-order valence-electron chi connectivity index (χ1n) is 11.6. The van der Waals surface area contributed by atoms with Gasteiger partial charge in [-0.3, -0.25) is 14.9 Å².